The van der Waals surface area contributed by atoms with Crippen LogP contribution < -0.4 is 0 Å². The van der Waals surface area contributed by atoms with Crippen LogP contribution in [0.1, 0.15) is 25.3 Å². The molecule has 30 heavy (non-hydrogen) atoms. The summed E-state index contributed by atoms with van der Waals surface area (Å²) in [6, 6.07) is 5.54. The number of methoxy groups -OCH3 is 2. The number of hydrogen-bond donors (Lipinski definition) is 0. The van der Waals surface area contributed by atoms with E-state index >= 15 is 0 Å². The lowest BCUT2D eigenvalue weighted by Gasteiger charge is -2.52. The van der Waals surface area contributed by atoms with Crippen LogP contribution >= 0.6 is 15.9 Å². The van der Waals surface area contributed by atoms with Crippen molar-refractivity contribution in [3.05, 3.63) is 51.2 Å². The summed E-state index contributed by atoms with van der Waals surface area (Å²) in [4.78, 5) is 50.4. The Hall–Kier alpha value is -2.95. The summed E-state index contributed by atoms with van der Waals surface area (Å²) in [5.74, 6) is -3.30. The third kappa shape index (κ3) is 2.87. The molecule has 11 heteroatoms. The normalized spacial score (nSPS) is 28.0. The Kier molecular flexibility index (Phi) is 5.35. The predicted octanol–water partition coefficient (Wildman–Crippen LogP) is 2.02. The van der Waals surface area contributed by atoms with Gasteiger partial charge in [0.05, 0.1) is 30.6 Å². The molecule has 2 aliphatic rings. The molecule has 3 rings (SSSR count). The number of fused-ring (bicyclic) bond motifs is 1. The van der Waals surface area contributed by atoms with Crippen molar-refractivity contribution in [1.82, 2.24) is 4.90 Å². The van der Waals surface area contributed by atoms with Crippen molar-refractivity contribution in [2.24, 2.45) is 0 Å². The fraction of sp³-hybridized carbons (Fsp3) is 0.421. The average Bonchev–Trinajstić information content (AvgIpc) is 3.05. The average molecular weight is 483 g/mol. The highest BCUT2D eigenvalue weighted by Crippen LogP contribution is 2.58. The van der Waals surface area contributed by atoms with Crippen LogP contribution in [0.3, 0.4) is 0 Å². The molecule has 2 heterocycles. The molecular weight excluding hydrogens is 464 g/mol. The lowest BCUT2D eigenvalue weighted by Crippen LogP contribution is -2.67. The van der Waals surface area contributed by atoms with Crippen LogP contribution in [0.15, 0.2) is 35.5 Å². The summed E-state index contributed by atoms with van der Waals surface area (Å²) in [6.45, 7) is 2.92. The Morgan fingerprint density at radius 3 is 2.57 bits per heavy atom. The largest absolute Gasteiger partial charge is 0.468 e. The molecule has 0 aromatic heterocycles. The SMILES string of the molecule is COC(=O)C1=C(C)N2CC(=O)O[C@@]2(C)[C@@](Br)(C(=O)OC)C1c1cccc([N+](=O)[O-])c1. The Morgan fingerprint density at radius 1 is 1.33 bits per heavy atom. The molecule has 10 nitrogen and oxygen atoms in total. The summed E-state index contributed by atoms with van der Waals surface area (Å²) in [5.41, 5.74) is -1.13. The van der Waals surface area contributed by atoms with Crippen molar-refractivity contribution in [2.75, 3.05) is 20.8 Å². The maximum absolute atomic E-state index is 13.1. The number of rotatable bonds is 4. The van der Waals surface area contributed by atoms with Crippen molar-refractivity contribution in [3.63, 3.8) is 0 Å². The Labute approximate surface area is 180 Å². The van der Waals surface area contributed by atoms with Gasteiger partial charge >= 0.3 is 17.9 Å². The smallest absolute Gasteiger partial charge is 0.336 e. The standard InChI is InChI=1S/C19H19BrN2O8/c1-10-14(16(24)28-3)15(11-6-5-7-12(8-11)22(26)27)19(20,17(25)29-4)18(2)21(10)9-13(23)30-18/h5-8,15H,9H2,1-4H3/t15?,18-,19-/m0/s1. The van der Waals surface area contributed by atoms with Crippen molar-refractivity contribution >= 4 is 39.5 Å². The molecule has 2 aliphatic heterocycles. The molecule has 1 fully saturated rings. The number of nitro benzene ring substituents is 1. The first-order chi connectivity index (χ1) is 14.0. The third-order valence-corrected chi connectivity index (χ3v) is 7.09. The number of allylic oxidation sites excluding steroid dienone is 1. The van der Waals surface area contributed by atoms with E-state index in [0.29, 0.717) is 5.70 Å². The number of non-ortho nitro benzene ring substituents is 1. The lowest BCUT2D eigenvalue weighted by molar-refractivity contribution is -0.384. The monoisotopic (exact) mass is 482 g/mol. The van der Waals surface area contributed by atoms with Gasteiger partial charge in [0.15, 0.2) is 4.32 Å². The molecule has 0 amide bonds. The molecule has 0 aliphatic carbocycles. The highest BCUT2D eigenvalue weighted by Gasteiger charge is 2.70. The summed E-state index contributed by atoms with van der Waals surface area (Å²) in [5, 5.41) is 11.3. The van der Waals surface area contributed by atoms with Crippen molar-refractivity contribution in [1.29, 1.82) is 0 Å². The number of carbonyl (C=O) groups excluding carboxylic acids is 3. The van der Waals surface area contributed by atoms with E-state index in [4.69, 9.17) is 14.2 Å². The van der Waals surface area contributed by atoms with Crippen LogP contribution in [0.2, 0.25) is 0 Å². The zero-order chi connectivity index (χ0) is 22.4. The number of benzene rings is 1. The first kappa shape index (κ1) is 21.8. The van der Waals surface area contributed by atoms with Crippen molar-refractivity contribution in [2.45, 2.75) is 29.8 Å². The minimum absolute atomic E-state index is 0.0519. The van der Waals surface area contributed by atoms with Gasteiger partial charge in [-0.1, -0.05) is 28.1 Å². The van der Waals surface area contributed by atoms with Gasteiger partial charge in [-0.2, -0.15) is 0 Å². The van der Waals surface area contributed by atoms with E-state index in [2.05, 4.69) is 15.9 Å². The minimum Gasteiger partial charge on any atom is -0.468 e. The minimum atomic E-state index is -1.81. The number of nitrogens with zero attached hydrogens (tertiary/aromatic N) is 2. The maximum Gasteiger partial charge on any atom is 0.336 e. The molecule has 3 atom stereocenters. The molecule has 1 saturated heterocycles. The Bertz CT molecular complexity index is 993. The quantitative estimate of drug-likeness (QED) is 0.208. The number of hydrogen-bond acceptors (Lipinski definition) is 9. The zero-order valence-electron chi connectivity index (χ0n) is 16.6. The van der Waals surface area contributed by atoms with Crippen LogP contribution in [0.4, 0.5) is 5.69 Å². The summed E-state index contributed by atoms with van der Waals surface area (Å²) >= 11 is 3.44. The topological polar surface area (TPSA) is 125 Å². The summed E-state index contributed by atoms with van der Waals surface area (Å²) in [6.07, 6.45) is 0. The van der Waals surface area contributed by atoms with Crippen LogP contribution in [0.25, 0.3) is 0 Å². The molecule has 1 unspecified atom stereocenters. The highest BCUT2D eigenvalue weighted by molar-refractivity contribution is 9.10. The van der Waals surface area contributed by atoms with E-state index in [9.17, 15) is 24.5 Å². The zero-order valence-corrected chi connectivity index (χ0v) is 18.2. The van der Waals surface area contributed by atoms with E-state index in [1.54, 1.807) is 13.0 Å². The third-order valence-electron chi connectivity index (χ3n) is 5.57. The van der Waals surface area contributed by atoms with Crippen LogP contribution in [-0.2, 0) is 28.6 Å². The van der Waals surface area contributed by atoms with Gasteiger partial charge in [-0.25, -0.2) is 4.79 Å². The second kappa shape index (κ2) is 7.38. The maximum atomic E-state index is 13.1. The predicted molar refractivity (Wildman–Crippen MR) is 105 cm³/mol. The Morgan fingerprint density at radius 2 is 2.00 bits per heavy atom. The van der Waals surface area contributed by atoms with Gasteiger partial charge in [0.25, 0.3) is 5.69 Å². The van der Waals surface area contributed by atoms with E-state index in [-0.39, 0.29) is 23.4 Å². The van der Waals surface area contributed by atoms with Gasteiger partial charge in [0.1, 0.15) is 6.54 Å². The Balaban J connectivity index is 2.40. The molecule has 1 aromatic carbocycles. The van der Waals surface area contributed by atoms with Gasteiger partial charge in [-0.05, 0) is 19.4 Å². The van der Waals surface area contributed by atoms with Crippen LogP contribution in [-0.4, -0.2) is 58.5 Å². The first-order valence-electron chi connectivity index (χ1n) is 8.83. The molecule has 0 spiro atoms. The highest BCUT2D eigenvalue weighted by atomic mass is 79.9. The number of esters is 3. The second-order valence-electron chi connectivity index (χ2n) is 7.02. The van der Waals surface area contributed by atoms with E-state index in [0.717, 1.165) is 7.11 Å². The first-order valence-corrected chi connectivity index (χ1v) is 9.62. The summed E-state index contributed by atoms with van der Waals surface area (Å²) in [7, 11) is 2.34. The molecule has 0 saturated carbocycles. The molecule has 0 bridgehead atoms. The van der Waals surface area contributed by atoms with E-state index in [1.165, 1.54) is 37.1 Å². The van der Waals surface area contributed by atoms with Gasteiger partial charge in [0.2, 0.25) is 5.72 Å². The summed E-state index contributed by atoms with van der Waals surface area (Å²) < 4.78 is 13.7. The van der Waals surface area contributed by atoms with E-state index in [1.807, 2.05) is 0 Å². The molecule has 0 radical (unpaired) electrons. The van der Waals surface area contributed by atoms with Crippen LogP contribution in [0.5, 0.6) is 0 Å². The number of carbonyl (C=O) groups is 3. The van der Waals surface area contributed by atoms with Gasteiger partial charge in [-0.3, -0.25) is 19.7 Å². The van der Waals surface area contributed by atoms with Gasteiger partial charge in [-0.15, -0.1) is 0 Å². The van der Waals surface area contributed by atoms with Gasteiger partial charge < -0.3 is 19.1 Å². The number of alkyl halides is 1. The number of nitro groups is 1. The fourth-order valence-corrected chi connectivity index (χ4v) is 5.11. The molecule has 1 aromatic rings. The fourth-order valence-electron chi connectivity index (χ4n) is 4.16. The van der Waals surface area contributed by atoms with Gasteiger partial charge in [0, 0.05) is 17.8 Å². The van der Waals surface area contributed by atoms with E-state index < -0.39 is 38.8 Å². The molecule has 160 valence electrons. The lowest BCUT2D eigenvalue weighted by atomic mass is 9.71. The number of halogens is 1. The van der Waals surface area contributed by atoms with Crippen LogP contribution in [0, 0.1) is 10.1 Å². The molecular formula is C19H19BrN2O8. The van der Waals surface area contributed by atoms with Crippen molar-refractivity contribution < 1.29 is 33.5 Å². The number of ether oxygens (including phenoxy) is 3. The second-order valence-corrected chi connectivity index (χ2v) is 8.27. The van der Waals surface area contributed by atoms with Crippen molar-refractivity contribution in [3.8, 4) is 0 Å². The molecule has 0 N–H and O–H groups in total.